The van der Waals surface area contributed by atoms with Crippen LogP contribution in [0.25, 0.3) is 5.65 Å². The van der Waals surface area contributed by atoms with Gasteiger partial charge >= 0.3 is 0 Å². The van der Waals surface area contributed by atoms with Crippen LogP contribution in [0.3, 0.4) is 0 Å². The van der Waals surface area contributed by atoms with Crippen LogP contribution in [0, 0.1) is 0 Å². The number of aromatic amines is 1. The van der Waals surface area contributed by atoms with Gasteiger partial charge in [0.2, 0.25) is 0 Å². The van der Waals surface area contributed by atoms with E-state index in [-0.39, 0.29) is 17.2 Å². The molecule has 1 unspecified atom stereocenters. The Morgan fingerprint density at radius 1 is 1.41 bits per heavy atom. The number of carbonyl (C=O) groups excluding carboxylic acids is 1. The van der Waals surface area contributed by atoms with Gasteiger partial charge in [-0.25, -0.2) is 9.50 Å². The molecule has 0 aromatic carbocycles. The molecule has 0 bridgehead atoms. The van der Waals surface area contributed by atoms with Gasteiger partial charge in [0.15, 0.2) is 0 Å². The van der Waals surface area contributed by atoms with Crippen LogP contribution >= 0.6 is 0 Å². The van der Waals surface area contributed by atoms with Crippen molar-refractivity contribution in [3.63, 3.8) is 0 Å². The number of H-pyrrole nitrogens is 1. The highest BCUT2D eigenvalue weighted by Crippen LogP contribution is 2.19. The molecule has 1 aliphatic rings. The number of aromatic nitrogens is 4. The molecule has 9 heteroatoms. The molecule has 1 amide bonds. The number of hydrogen-bond acceptors (Lipinski definition) is 6. The summed E-state index contributed by atoms with van der Waals surface area (Å²) in [5.74, 6) is -0.206. The molecule has 3 aromatic rings. The SMILES string of the molecule is CCc1cn2nc(CN3CCC3C)cc2[nH]c1=O.CNC(=O)c1ccc(O)cn1. The molecule has 29 heavy (non-hydrogen) atoms. The van der Waals surface area contributed by atoms with E-state index in [0.717, 1.165) is 36.4 Å². The normalized spacial score (nSPS) is 16.0. The van der Waals surface area contributed by atoms with Gasteiger partial charge in [-0.05, 0) is 31.9 Å². The summed E-state index contributed by atoms with van der Waals surface area (Å²) in [5.41, 5.74) is 2.86. The molecule has 1 fully saturated rings. The molecule has 0 spiro atoms. The van der Waals surface area contributed by atoms with Crippen LogP contribution in [-0.4, -0.2) is 55.1 Å². The van der Waals surface area contributed by atoms with E-state index in [9.17, 15) is 9.59 Å². The van der Waals surface area contributed by atoms with Crippen LogP contribution in [0.4, 0.5) is 0 Å². The summed E-state index contributed by atoms with van der Waals surface area (Å²) in [5, 5.41) is 15.8. The molecule has 0 radical (unpaired) electrons. The Morgan fingerprint density at radius 2 is 2.21 bits per heavy atom. The molecule has 3 N–H and O–H groups in total. The highest BCUT2D eigenvalue weighted by Gasteiger charge is 2.24. The number of likely N-dealkylation sites (tertiary alicyclic amines) is 1. The lowest BCUT2D eigenvalue weighted by atomic mass is 10.1. The predicted molar refractivity (Wildman–Crippen MR) is 109 cm³/mol. The summed E-state index contributed by atoms with van der Waals surface area (Å²) >= 11 is 0. The van der Waals surface area contributed by atoms with Gasteiger partial charge in [0.05, 0.1) is 11.9 Å². The van der Waals surface area contributed by atoms with Crippen molar-refractivity contribution in [3.8, 4) is 5.75 Å². The zero-order chi connectivity index (χ0) is 21.0. The van der Waals surface area contributed by atoms with Gasteiger partial charge in [-0.15, -0.1) is 0 Å². The standard InChI is InChI=1S/C13H18N4O.C7H8N2O2/c1-3-10-7-17-12(14-13(10)18)6-11(15-17)8-16-5-4-9(16)2;1-8-7(11)6-3-2-5(10)4-9-6/h6-7,9H,3-5,8H2,1-2H3,(H,14,18);2-4,10H,1H3,(H,8,11). The van der Waals surface area contributed by atoms with Crippen LogP contribution < -0.4 is 10.9 Å². The second-order valence-corrected chi connectivity index (χ2v) is 7.02. The van der Waals surface area contributed by atoms with Crippen molar-refractivity contribution < 1.29 is 9.90 Å². The first-order valence-electron chi connectivity index (χ1n) is 9.62. The Balaban J connectivity index is 0.000000188. The van der Waals surface area contributed by atoms with Gasteiger partial charge in [-0.2, -0.15) is 5.10 Å². The summed E-state index contributed by atoms with van der Waals surface area (Å²) in [4.78, 5) is 31.5. The van der Waals surface area contributed by atoms with Gasteiger partial charge in [0, 0.05) is 44.0 Å². The van der Waals surface area contributed by atoms with Crippen molar-refractivity contribution in [1.29, 1.82) is 0 Å². The van der Waals surface area contributed by atoms with Gasteiger partial charge < -0.3 is 15.4 Å². The Hall–Kier alpha value is -3.20. The molecule has 3 aromatic heterocycles. The maximum absolute atomic E-state index is 11.7. The Bertz CT molecular complexity index is 1040. The number of nitrogens with one attached hydrogen (secondary N) is 2. The fraction of sp³-hybridized carbons (Fsp3) is 0.400. The smallest absolute Gasteiger partial charge is 0.269 e. The van der Waals surface area contributed by atoms with Crippen LogP contribution in [-0.2, 0) is 13.0 Å². The number of aromatic hydroxyl groups is 1. The molecule has 0 aliphatic carbocycles. The molecular formula is C20H26N6O3. The van der Waals surface area contributed by atoms with E-state index < -0.39 is 0 Å². The monoisotopic (exact) mass is 398 g/mol. The molecular weight excluding hydrogens is 372 g/mol. The van der Waals surface area contributed by atoms with Gasteiger partial charge in [-0.3, -0.25) is 14.5 Å². The second kappa shape index (κ2) is 8.87. The second-order valence-electron chi connectivity index (χ2n) is 7.02. The number of amides is 1. The van der Waals surface area contributed by atoms with Crippen LogP contribution in [0.2, 0.25) is 0 Å². The van der Waals surface area contributed by atoms with E-state index in [1.54, 1.807) is 4.52 Å². The lowest BCUT2D eigenvalue weighted by Crippen LogP contribution is -2.44. The molecule has 9 nitrogen and oxygen atoms in total. The van der Waals surface area contributed by atoms with Crippen LogP contribution in [0.15, 0.2) is 35.4 Å². The molecule has 0 saturated carbocycles. The third kappa shape index (κ3) is 4.80. The quantitative estimate of drug-likeness (QED) is 0.611. The van der Waals surface area contributed by atoms with Crippen molar-refractivity contribution in [3.05, 3.63) is 57.9 Å². The van der Waals surface area contributed by atoms with E-state index in [1.165, 1.54) is 31.8 Å². The van der Waals surface area contributed by atoms with E-state index >= 15 is 0 Å². The number of fused-ring (bicyclic) bond motifs is 1. The number of aryl methyl sites for hydroxylation is 1. The van der Waals surface area contributed by atoms with Crippen molar-refractivity contribution in [1.82, 2.24) is 29.8 Å². The van der Waals surface area contributed by atoms with Gasteiger partial charge in [0.1, 0.15) is 17.1 Å². The van der Waals surface area contributed by atoms with Crippen LogP contribution in [0.5, 0.6) is 5.75 Å². The van der Waals surface area contributed by atoms with E-state index in [0.29, 0.717) is 11.7 Å². The summed E-state index contributed by atoms with van der Waals surface area (Å²) < 4.78 is 1.78. The molecule has 4 heterocycles. The summed E-state index contributed by atoms with van der Waals surface area (Å²) in [6, 6.07) is 5.48. The van der Waals surface area contributed by atoms with E-state index in [4.69, 9.17) is 5.11 Å². The predicted octanol–water partition coefficient (Wildman–Crippen LogP) is 1.33. The zero-order valence-electron chi connectivity index (χ0n) is 16.8. The highest BCUT2D eigenvalue weighted by atomic mass is 16.3. The maximum atomic E-state index is 11.7. The molecule has 1 atom stereocenters. The van der Waals surface area contributed by atoms with Crippen molar-refractivity contribution in [2.24, 2.45) is 0 Å². The Kier molecular flexibility index (Phi) is 6.28. The van der Waals surface area contributed by atoms with Crippen molar-refractivity contribution in [2.45, 2.75) is 39.3 Å². The van der Waals surface area contributed by atoms with Crippen LogP contribution in [0.1, 0.15) is 42.0 Å². The number of nitrogens with zero attached hydrogens (tertiary/aromatic N) is 4. The third-order valence-electron chi connectivity index (χ3n) is 5.01. The lowest BCUT2D eigenvalue weighted by Gasteiger charge is -2.37. The number of hydrogen-bond donors (Lipinski definition) is 3. The average molecular weight is 398 g/mol. The fourth-order valence-corrected chi connectivity index (χ4v) is 3.03. The molecule has 1 saturated heterocycles. The largest absolute Gasteiger partial charge is 0.506 e. The van der Waals surface area contributed by atoms with E-state index in [2.05, 4.69) is 32.2 Å². The summed E-state index contributed by atoms with van der Waals surface area (Å²) in [6.45, 7) is 6.22. The molecule has 4 rings (SSSR count). The van der Waals surface area contributed by atoms with Gasteiger partial charge in [0.25, 0.3) is 11.5 Å². The van der Waals surface area contributed by atoms with Gasteiger partial charge in [-0.1, -0.05) is 6.92 Å². The van der Waals surface area contributed by atoms with Crippen molar-refractivity contribution in [2.75, 3.05) is 13.6 Å². The minimum Gasteiger partial charge on any atom is -0.506 e. The average Bonchev–Trinajstić information content (AvgIpc) is 3.12. The topological polar surface area (TPSA) is 116 Å². The van der Waals surface area contributed by atoms with Crippen molar-refractivity contribution >= 4 is 11.6 Å². The third-order valence-corrected chi connectivity index (χ3v) is 5.01. The molecule has 154 valence electrons. The summed E-state index contributed by atoms with van der Waals surface area (Å²) in [6.07, 6.45) is 5.05. The minimum absolute atomic E-state index is 0.00577. The summed E-state index contributed by atoms with van der Waals surface area (Å²) in [7, 11) is 1.52. The number of rotatable bonds is 4. The van der Waals surface area contributed by atoms with E-state index in [1.807, 2.05) is 19.2 Å². The molecule has 1 aliphatic heterocycles. The fourth-order valence-electron chi connectivity index (χ4n) is 3.03. The lowest BCUT2D eigenvalue weighted by molar-refractivity contribution is 0.0942. The first kappa shape index (κ1) is 20.5. The number of carbonyl (C=O) groups is 1. The highest BCUT2D eigenvalue weighted by molar-refractivity contribution is 5.91. The zero-order valence-corrected chi connectivity index (χ0v) is 16.8. The minimum atomic E-state index is -0.259. The Morgan fingerprint density at radius 3 is 2.76 bits per heavy atom. The maximum Gasteiger partial charge on any atom is 0.269 e. The Labute approximate surface area is 168 Å². The first-order valence-corrected chi connectivity index (χ1v) is 9.62. The first-order chi connectivity index (χ1) is 13.9. The number of pyridine rings is 1.